The van der Waals surface area contributed by atoms with E-state index in [1.54, 1.807) is 12.1 Å². The van der Waals surface area contributed by atoms with Gasteiger partial charge in [-0.05, 0) is 60.6 Å². The van der Waals surface area contributed by atoms with Gasteiger partial charge in [0.2, 0.25) is 0 Å². The predicted octanol–water partition coefficient (Wildman–Crippen LogP) is 4.26. The third kappa shape index (κ3) is 1.88. The first-order valence-corrected chi connectivity index (χ1v) is 7.89. The van der Waals surface area contributed by atoms with E-state index in [2.05, 4.69) is 33.0 Å². The fraction of sp³-hybridized carbons (Fsp3) is 0.667. The highest BCUT2D eigenvalue weighted by Gasteiger charge is 2.61. The van der Waals surface area contributed by atoms with Gasteiger partial charge in [-0.3, -0.25) is 0 Å². The third-order valence-electron chi connectivity index (χ3n) is 6.64. The third-order valence-corrected chi connectivity index (χ3v) is 6.64. The van der Waals surface area contributed by atoms with Gasteiger partial charge in [0.15, 0.2) is 0 Å². The zero-order chi connectivity index (χ0) is 14.5. The molecule has 0 radical (unpaired) electrons. The second kappa shape index (κ2) is 4.49. The first kappa shape index (κ1) is 13.9. The summed E-state index contributed by atoms with van der Waals surface area (Å²) in [5.74, 6) is 1.21. The highest BCUT2D eigenvalue weighted by Crippen LogP contribution is 2.65. The van der Waals surface area contributed by atoms with E-state index in [1.165, 1.54) is 24.8 Å². The molecule has 0 spiro atoms. The van der Waals surface area contributed by atoms with E-state index >= 15 is 0 Å². The van der Waals surface area contributed by atoms with E-state index in [0.717, 1.165) is 5.92 Å². The lowest BCUT2D eigenvalue weighted by molar-refractivity contribution is 0.116. The van der Waals surface area contributed by atoms with E-state index in [9.17, 15) is 5.11 Å². The molecular weight excluding hydrogens is 246 g/mol. The number of hydrogen-bond acceptors (Lipinski definition) is 2. The number of phenols is 1. The van der Waals surface area contributed by atoms with Gasteiger partial charge in [0, 0.05) is 12.1 Å². The predicted molar refractivity (Wildman–Crippen MR) is 82.7 cm³/mol. The topological polar surface area (TPSA) is 32.3 Å². The van der Waals surface area contributed by atoms with Crippen LogP contribution in [0.4, 0.5) is 0 Å². The van der Waals surface area contributed by atoms with Gasteiger partial charge in [-0.1, -0.05) is 32.9 Å². The first-order valence-electron chi connectivity index (χ1n) is 7.89. The van der Waals surface area contributed by atoms with Crippen molar-refractivity contribution in [2.24, 2.45) is 16.7 Å². The van der Waals surface area contributed by atoms with E-state index in [1.807, 2.05) is 12.1 Å². The molecule has 2 nitrogen and oxygen atoms in total. The Labute approximate surface area is 122 Å². The second-order valence-corrected chi connectivity index (χ2v) is 7.64. The Morgan fingerprint density at radius 2 is 1.85 bits per heavy atom. The lowest BCUT2D eigenvalue weighted by atomic mass is 9.69. The van der Waals surface area contributed by atoms with Gasteiger partial charge >= 0.3 is 0 Å². The van der Waals surface area contributed by atoms with Crippen LogP contribution in [0.3, 0.4) is 0 Å². The number of hydrogen-bond donors (Lipinski definition) is 2. The van der Waals surface area contributed by atoms with Crippen LogP contribution in [0.1, 0.15) is 58.6 Å². The zero-order valence-electron chi connectivity index (χ0n) is 13.1. The van der Waals surface area contributed by atoms with Crippen LogP contribution in [-0.2, 0) is 0 Å². The molecule has 4 unspecified atom stereocenters. The van der Waals surface area contributed by atoms with Gasteiger partial charge in [0.25, 0.3) is 0 Å². The fourth-order valence-corrected chi connectivity index (χ4v) is 4.62. The SMILES string of the molecule is CC(NC1CC2CCC1(C)C2(C)C)c1ccc(O)cc1. The summed E-state index contributed by atoms with van der Waals surface area (Å²) in [6, 6.07) is 8.55. The van der Waals surface area contributed by atoms with Crippen molar-refractivity contribution in [2.45, 2.75) is 59.0 Å². The molecular formula is C18H27NO. The molecule has 4 atom stereocenters. The van der Waals surface area contributed by atoms with Gasteiger partial charge in [0.1, 0.15) is 5.75 Å². The van der Waals surface area contributed by atoms with Crippen molar-refractivity contribution in [1.82, 2.24) is 5.32 Å². The van der Waals surface area contributed by atoms with E-state index < -0.39 is 0 Å². The average Bonchev–Trinajstić information content (AvgIpc) is 2.72. The van der Waals surface area contributed by atoms with Crippen LogP contribution in [0.25, 0.3) is 0 Å². The molecule has 2 saturated carbocycles. The van der Waals surface area contributed by atoms with Crippen molar-refractivity contribution in [1.29, 1.82) is 0 Å². The van der Waals surface area contributed by atoms with Crippen molar-refractivity contribution in [3.8, 4) is 5.75 Å². The molecule has 3 rings (SSSR count). The molecule has 110 valence electrons. The molecule has 2 aliphatic carbocycles. The Kier molecular flexibility index (Phi) is 3.13. The quantitative estimate of drug-likeness (QED) is 0.862. The van der Waals surface area contributed by atoms with Gasteiger partial charge < -0.3 is 10.4 Å². The van der Waals surface area contributed by atoms with Crippen molar-refractivity contribution >= 4 is 0 Å². The Morgan fingerprint density at radius 3 is 2.35 bits per heavy atom. The van der Waals surface area contributed by atoms with Crippen LogP contribution in [0.15, 0.2) is 24.3 Å². The van der Waals surface area contributed by atoms with Gasteiger partial charge in [0.05, 0.1) is 0 Å². The number of phenolic OH excluding ortho intramolecular Hbond substituents is 1. The normalized spacial score (nSPS) is 36.2. The summed E-state index contributed by atoms with van der Waals surface area (Å²) in [6.45, 7) is 9.62. The maximum atomic E-state index is 9.40. The highest BCUT2D eigenvalue weighted by molar-refractivity contribution is 5.28. The van der Waals surface area contributed by atoms with Gasteiger partial charge in [-0.15, -0.1) is 0 Å². The summed E-state index contributed by atoms with van der Waals surface area (Å²) >= 11 is 0. The molecule has 0 saturated heterocycles. The maximum Gasteiger partial charge on any atom is 0.115 e. The minimum Gasteiger partial charge on any atom is -0.508 e. The Bertz CT molecular complexity index is 493. The van der Waals surface area contributed by atoms with Crippen LogP contribution >= 0.6 is 0 Å². The minimum absolute atomic E-state index is 0.340. The monoisotopic (exact) mass is 273 g/mol. The molecule has 2 N–H and O–H groups in total. The molecule has 0 amide bonds. The van der Waals surface area contributed by atoms with Crippen LogP contribution < -0.4 is 5.32 Å². The summed E-state index contributed by atoms with van der Waals surface area (Å²) in [7, 11) is 0. The lowest BCUT2D eigenvalue weighted by Gasteiger charge is -2.40. The summed E-state index contributed by atoms with van der Waals surface area (Å²) in [5, 5.41) is 13.3. The summed E-state index contributed by atoms with van der Waals surface area (Å²) in [4.78, 5) is 0. The standard InChI is InChI=1S/C18H27NO/c1-12(13-5-7-15(20)8-6-13)19-16-11-14-9-10-18(16,4)17(14,2)3/h5-8,12,14,16,19-20H,9-11H2,1-4H3. The second-order valence-electron chi connectivity index (χ2n) is 7.64. The van der Waals surface area contributed by atoms with Gasteiger partial charge in [-0.25, -0.2) is 0 Å². The van der Waals surface area contributed by atoms with Crippen LogP contribution in [0, 0.1) is 16.7 Å². The Balaban J connectivity index is 1.75. The zero-order valence-corrected chi connectivity index (χ0v) is 13.1. The van der Waals surface area contributed by atoms with Crippen LogP contribution in [0.5, 0.6) is 5.75 Å². The average molecular weight is 273 g/mol. The highest BCUT2D eigenvalue weighted by atomic mass is 16.3. The molecule has 2 aliphatic rings. The summed E-state index contributed by atoms with van der Waals surface area (Å²) in [6.07, 6.45) is 4.06. The van der Waals surface area contributed by atoms with Gasteiger partial charge in [-0.2, -0.15) is 0 Å². The molecule has 2 fully saturated rings. The van der Waals surface area contributed by atoms with E-state index in [0.29, 0.717) is 28.7 Å². The largest absolute Gasteiger partial charge is 0.508 e. The molecule has 0 aliphatic heterocycles. The molecule has 20 heavy (non-hydrogen) atoms. The van der Waals surface area contributed by atoms with Crippen molar-refractivity contribution < 1.29 is 5.11 Å². The minimum atomic E-state index is 0.340. The number of fused-ring (bicyclic) bond motifs is 2. The number of nitrogens with one attached hydrogen (secondary N) is 1. The number of rotatable bonds is 3. The molecule has 0 aromatic heterocycles. The van der Waals surface area contributed by atoms with E-state index in [4.69, 9.17) is 0 Å². The number of benzene rings is 1. The Hall–Kier alpha value is -1.02. The molecule has 2 heteroatoms. The molecule has 0 heterocycles. The number of aromatic hydroxyl groups is 1. The fourth-order valence-electron chi connectivity index (χ4n) is 4.62. The smallest absolute Gasteiger partial charge is 0.115 e. The van der Waals surface area contributed by atoms with Crippen molar-refractivity contribution in [2.75, 3.05) is 0 Å². The maximum absolute atomic E-state index is 9.40. The lowest BCUT2D eigenvalue weighted by Crippen LogP contribution is -2.45. The Morgan fingerprint density at radius 1 is 1.20 bits per heavy atom. The molecule has 1 aromatic carbocycles. The summed E-state index contributed by atoms with van der Waals surface area (Å²) < 4.78 is 0. The summed E-state index contributed by atoms with van der Waals surface area (Å²) in [5.41, 5.74) is 2.13. The van der Waals surface area contributed by atoms with Crippen LogP contribution in [0.2, 0.25) is 0 Å². The van der Waals surface area contributed by atoms with Crippen molar-refractivity contribution in [3.05, 3.63) is 29.8 Å². The first-order chi connectivity index (χ1) is 9.34. The molecule has 2 bridgehead atoms. The van der Waals surface area contributed by atoms with Crippen molar-refractivity contribution in [3.63, 3.8) is 0 Å². The molecule has 1 aromatic rings. The van der Waals surface area contributed by atoms with Crippen LogP contribution in [-0.4, -0.2) is 11.1 Å². The van der Waals surface area contributed by atoms with E-state index in [-0.39, 0.29) is 0 Å².